The van der Waals surface area contributed by atoms with Crippen LogP contribution in [0.3, 0.4) is 0 Å². The molecule has 0 aliphatic heterocycles. The van der Waals surface area contributed by atoms with Crippen molar-refractivity contribution in [3.63, 3.8) is 0 Å². The monoisotopic (exact) mass is 219 g/mol. The van der Waals surface area contributed by atoms with Gasteiger partial charge < -0.3 is 15.2 Å². The lowest BCUT2D eigenvalue weighted by molar-refractivity contribution is 0.101. The molecule has 0 unspecified atom stereocenters. The van der Waals surface area contributed by atoms with E-state index in [1.54, 1.807) is 7.11 Å². The molecule has 0 aromatic heterocycles. The molecule has 0 saturated carbocycles. The van der Waals surface area contributed by atoms with Gasteiger partial charge in [-0.15, -0.1) is 0 Å². The Hall–Kier alpha value is -1.81. The van der Waals surface area contributed by atoms with Gasteiger partial charge in [0, 0.05) is 7.11 Å². The van der Waals surface area contributed by atoms with Gasteiger partial charge in [0.2, 0.25) is 0 Å². The summed E-state index contributed by atoms with van der Waals surface area (Å²) in [6.45, 7) is 0. The summed E-state index contributed by atoms with van der Waals surface area (Å²) in [4.78, 5) is 10.7. The minimum atomic E-state index is -1.04. The molecule has 1 aliphatic carbocycles. The number of fused-ring (bicyclic) bond motifs is 1. The van der Waals surface area contributed by atoms with E-state index in [0.717, 1.165) is 11.1 Å². The first-order valence-corrected chi connectivity index (χ1v) is 5.02. The number of methoxy groups -OCH3 is 1. The molecule has 0 heterocycles. The van der Waals surface area contributed by atoms with Gasteiger partial charge >= 0.3 is 6.09 Å². The van der Waals surface area contributed by atoms with E-state index < -0.39 is 6.09 Å². The molecule has 0 radical (unpaired) electrons. The van der Waals surface area contributed by atoms with Crippen LogP contribution in [-0.2, 0) is 4.74 Å². The number of nitrogens with one attached hydrogen (secondary N) is 1. The van der Waals surface area contributed by atoms with Gasteiger partial charge in [0.05, 0.1) is 6.04 Å². The molecule has 1 aliphatic rings. The Balaban J connectivity index is 2.37. The van der Waals surface area contributed by atoms with Crippen molar-refractivity contribution in [1.29, 1.82) is 0 Å². The number of hydrogen-bond acceptors (Lipinski definition) is 2. The summed E-state index contributed by atoms with van der Waals surface area (Å²) in [7, 11) is 1.57. The Bertz CT molecular complexity index is 428. The third-order valence-electron chi connectivity index (χ3n) is 2.68. The highest BCUT2D eigenvalue weighted by atomic mass is 16.5. The van der Waals surface area contributed by atoms with Crippen molar-refractivity contribution < 1.29 is 14.6 Å². The number of ether oxygens (including phenoxy) is 1. The number of hydrogen-bond donors (Lipinski definition) is 2. The summed E-state index contributed by atoms with van der Waals surface area (Å²) < 4.78 is 5.25. The highest BCUT2D eigenvalue weighted by Gasteiger charge is 2.27. The standard InChI is InChI=1S/C12H13NO3/c1-16-10-7-6-8-4-2-3-5-9(8)11(10)13-12(14)15/h2-7,10-11,13H,1H3,(H,14,15)/t10-,11-/m1/s1. The zero-order valence-electron chi connectivity index (χ0n) is 8.88. The largest absolute Gasteiger partial charge is 0.465 e. The number of benzene rings is 1. The molecule has 0 bridgehead atoms. The maximum absolute atomic E-state index is 10.7. The van der Waals surface area contributed by atoms with E-state index in [-0.39, 0.29) is 12.1 Å². The number of amides is 1. The van der Waals surface area contributed by atoms with E-state index in [1.807, 2.05) is 36.4 Å². The fraction of sp³-hybridized carbons (Fsp3) is 0.250. The number of carboxylic acid groups (broad SMARTS) is 1. The molecule has 0 saturated heterocycles. The van der Waals surface area contributed by atoms with E-state index in [0.29, 0.717) is 0 Å². The van der Waals surface area contributed by atoms with Gasteiger partial charge in [0.1, 0.15) is 6.10 Å². The molecule has 2 atom stereocenters. The van der Waals surface area contributed by atoms with Crippen LogP contribution in [0.15, 0.2) is 30.3 Å². The van der Waals surface area contributed by atoms with Crippen molar-refractivity contribution in [3.8, 4) is 0 Å². The normalized spacial score (nSPS) is 22.6. The van der Waals surface area contributed by atoms with Crippen LogP contribution in [-0.4, -0.2) is 24.4 Å². The van der Waals surface area contributed by atoms with Crippen molar-refractivity contribution in [2.75, 3.05) is 7.11 Å². The first kappa shape index (κ1) is 10.7. The van der Waals surface area contributed by atoms with Gasteiger partial charge in [-0.1, -0.05) is 36.4 Å². The van der Waals surface area contributed by atoms with Crippen LogP contribution in [0.25, 0.3) is 6.08 Å². The topological polar surface area (TPSA) is 58.6 Å². The number of rotatable bonds is 2. The zero-order valence-corrected chi connectivity index (χ0v) is 8.88. The molecule has 2 N–H and O–H groups in total. The minimum Gasteiger partial charge on any atom is -0.465 e. The second-order valence-corrected chi connectivity index (χ2v) is 3.62. The molecule has 84 valence electrons. The molecule has 0 fully saturated rings. The van der Waals surface area contributed by atoms with Crippen LogP contribution in [0.1, 0.15) is 17.2 Å². The molecule has 4 nitrogen and oxygen atoms in total. The molecule has 1 aromatic carbocycles. The average molecular weight is 219 g/mol. The van der Waals surface area contributed by atoms with Crippen molar-refractivity contribution in [2.24, 2.45) is 0 Å². The maximum atomic E-state index is 10.7. The molecule has 1 aromatic rings. The smallest absolute Gasteiger partial charge is 0.405 e. The molecule has 4 heteroatoms. The Kier molecular flexibility index (Phi) is 2.92. The third kappa shape index (κ3) is 1.92. The predicted octanol–water partition coefficient (Wildman–Crippen LogP) is 2.04. The number of carbonyl (C=O) groups is 1. The van der Waals surface area contributed by atoms with Crippen LogP contribution in [0.2, 0.25) is 0 Å². The summed E-state index contributed by atoms with van der Waals surface area (Å²) in [5, 5.41) is 11.3. The van der Waals surface area contributed by atoms with Crippen LogP contribution in [0.5, 0.6) is 0 Å². The Morgan fingerprint density at radius 3 is 2.88 bits per heavy atom. The molecule has 1 amide bonds. The fourth-order valence-corrected chi connectivity index (χ4v) is 1.94. The summed E-state index contributed by atoms with van der Waals surface area (Å²) in [6, 6.07) is 7.33. The van der Waals surface area contributed by atoms with Gasteiger partial charge in [-0.2, -0.15) is 0 Å². The van der Waals surface area contributed by atoms with Crippen LogP contribution < -0.4 is 5.32 Å². The SMILES string of the molecule is CO[C@@H]1C=Cc2ccccc2[C@H]1NC(=O)O. The van der Waals surface area contributed by atoms with Crippen molar-refractivity contribution in [1.82, 2.24) is 5.32 Å². The van der Waals surface area contributed by atoms with E-state index in [1.165, 1.54) is 0 Å². The Morgan fingerprint density at radius 2 is 2.19 bits per heavy atom. The summed E-state index contributed by atoms with van der Waals surface area (Å²) >= 11 is 0. The quantitative estimate of drug-likeness (QED) is 0.800. The van der Waals surface area contributed by atoms with E-state index >= 15 is 0 Å². The molecule has 16 heavy (non-hydrogen) atoms. The van der Waals surface area contributed by atoms with Crippen molar-refractivity contribution >= 4 is 12.2 Å². The van der Waals surface area contributed by atoms with Crippen molar-refractivity contribution in [3.05, 3.63) is 41.5 Å². The van der Waals surface area contributed by atoms with Crippen molar-refractivity contribution in [2.45, 2.75) is 12.1 Å². The van der Waals surface area contributed by atoms with E-state index in [4.69, 9.17) is 9.84 Å². The first-order valence-electron chi connectivity index (χ1n) is 5.02. The van der Waals surface area contributed by atoms with E-state index in [2.05, 4.69) is 5.32 Å². The van der Waals surface area contributed by atoms with Gasteiger partial charge in [-0.25, -0.2) is 4.79 Å². The van der Waals surface area contributed by atoms with Crippen LogP contribution in [0.4, 0.5) is 4.79 Å². The average Bonchev–Trinajstić information content (AvgIpc) is 2.29. The maximum Gasteiger partial charge on any atom is 0.405 e. The van der Waals surface area contributed by atoms with Crippen LogP contribution in [0, 0.1) is 0 Å². The highest BCUT2D eigenvalue weighted by Crippen LogP contribution is 2.29. The highest BCUT2D eigenvalue weighted by molar-refractivity contribution is 5.67. The zero-order chi connectivity index (χ0) is 11.5. The minimum absolute atomic E-state index is 0.258. The fourth-order valence-electron chi connectivity index (χ4n) is 1.94. The summed E-state index contributed by atoms with van der Waals surface area (Å²) in [5.74, 6) is 0. The van der Waals surface area contributed by atoms with Gasteiger partial charge in [0.15, 0.2) is 0 Å². The Morgan fingerprint density at radius 1 is 1.44 bits per heavy atom. The molecule has 0 spiro atoms. The lowest BCUT2D eigenvalue weighted by atomic mass is 9.91. The molecule has 2 rings (SSSR count). The van der Waals surface area contributed by atoms with Crippen LogP contribution >= 0.6 is 0 Å². The predicted molar refractivity (Wildman–Crippen MR) is 60.2 cm³/mol. The Labute approximate surface area is 93.5 Å². The second kappa shape index (κ2) is 4.37. The van der Waals surface area contributed by atoms with Gasteiger partial charge in [-0.3, -0.25) is 0 Å². The van der Waals surface area contributed by atoms with E-state index in [9.17, 15) is 4.79 Å². The summed E-state index contributed by atoms with van der Waals surface area (Å²) in [6.07, 6.45) is 2.51. The first-order chi connectivity index (χ1) is 7.72. The molecular weight excluding hydrogens is 206 g/mol. The summed E-state index contributed by atoms with van der Waals surface area (Å²) in [5.41, 5.74) is 1.97. The molecular formula is C12H13NO3. The lowest BCUT2D eigenvalue weighted by Gasteiger charge is -2.28. The van der Waals surface area contributed by atoms with Gasteiger partial charge in [-0.05, 0) is 11.1 Å². The van der Waals surface area contributed by atoms with Gasteiger partial charge in [0.25, 0.3) is 0 Å². The lowest BCUT2D eigenvalue weighted by Crippen LogP contribution is -2.37. The second-order valence-electron chi connectivity index (χ2n) is 3.62. The third-order valence-corrected chi connectivity index (χ3v) is 2.68.